The van der Waals surface area contributed by atoms with Gasteiger partial charge in [-0.15, -0.1) is 6.10 Å². The van der Waals surface area contributed by atoms with Crippen LogP contribution in [-0.4, -0.2) is 70.4 Å². The number of unbranched alkanes of at least 4 members (excludes halogenated alkanes) is 26. The first-order chi connectivity index (χ1) is 20.9. The first kappa shape index (κ1) is 52.0. The minimum Gasteiger partial charge on any atom is -1.00 e. The van der Waals surface area contributed by atoms with Gasteiger partial charge in [0.05, 0.1) is 55.4 Å². The van der Waals surface area contributed by atoms with Crippen LogP contribution in [0.5, 0.6) is 0 Å². The van der Waals surface area contributed by atoms with E-state index in [1.54, 1.807) is 13.8 Å². The molecular formula is C41H91ClN2O. The molecule has 278 valence electrons. The normalized spacial score (nSPS) is 11.5. The summed E-state index contributed by atoms with van der Waals surface area (Å²) in [5.41, 5.74) is 0. The van der Waals surface area contributed by atoms with Crippen LogP contribution >= 0.6 is 0 Å². The molecule has 0 spiro atoms. The van der Waals surface area contributed by atoms with Crippen LogP contribution in [0.3, 0.4) is 0 Å². The van der Waals surface area contributed by atoms with Gasteiger partial charge in [0, 0.05) is 0 Å². The van der Waals surface area contributed by atoms with E-state index in [4.69, 9.17) is 0 Å². The van der Waals surface area contributed by atoms with Crippen LogP contribution in [0.4, 0.5) is 0 Å². The van der Waals surface area contributed by atoms with Gasteiger partial charge in [-0.3, -0.25) is 0 Å². The number of halogens is 1. The second-order valence-corrected chi connectivity index (χ2v) is 16.3. The Labute approximate surface area is 294 Å². The van der Waals surface area contributed by atoms with Gasteiger partial charge in [0.2, 0.25) is 0 Å². The summed E-state index contributed by atoms with van der Waals surface area (Å²) in [6, 6.07) is 0. The lowest BCUT2D eigenvalue weighted by Gasteiger charge is -2.23. The molecule has 0 aromatic rings. The maximum atomic E-state index is 9.53. The molecule has 0 saturated carbocycles. The van der Waals surface area contributed by atoms with Crippen molar-refractivity contribution in [1.29, 1.82) is 0 Å². The van der Waals surface area contributed by atoms with E-state index in [0.717, 1.165) is 8.97 Å². The number of hydrogen-bond acceptors (Lipinski definition) is 1. The fraction of sp³-hybridized carbons (Fsp3) is 1.00. The van der Waals surface area contributed by atoms with E-state index in [1.165, 1.54) is 193 Å². The molecule has 0 aliphatic carbocycles. The molecule has 0 N–H and O–H groups in total. The molecule has 45 heavy (non-hydrogen) atoms. The summed E-state index contributed by atoms with van der Waals surface area (Å²) in [5.74, 6) is 0. The first-order valence-corrected chi connectivity index (χ1v) is 20.1. The zero-order valence-corrected chi connectivity index (χ0v) is 34.2. The Morgan fingerprint density at radius 1 is 0.333 bits per heavy atom. The second-order valence-electron chi connectivity index (χ2n) is 16.3. The predicted octanol–water partition coefficient (Wildman–Crippen LogP) is 9.11. The van der Waals surface area contributed by atoms with Crippen LogP contribution < -0.4 is 17.5 Å². The molecule has 3 nitrogen and oxygen atoms in total. The van der Waals surface area contributed by atoms with Crippen molar-refractivity contribution in [1.82, 2.24) is 0 Å². The first-order valence-electron chi connectivity index (χ1n) is 20.1. The average molecular weight is 664 g/mol. The van der Waals surface area contributed by atoms with Gasteiger partial charge in [-0.1, -0.05) is 182 Å². The molecule has 4 heteroatoms. The van der Waals surface area contributed by atoms with E-state index in [9.17, 15) is 5.11 Å². The number of hydrogen-bond donors (Lipinski definition) is 0. The Kier molecular flexibility index (Phi) is 46.6. The van der Waals surface area contributed by atoms with E-state index >= 15 is 0 Å². The minimum atomic E-state index is -0.417. The number of quaternary nitrogens is 2. The zero-order valence-electron chi connectivity index (χ0n) is 33.5. The Balaban J connectivity index is -0.000000327. The van der Waals surface area contributed by atoms with Gasteiger partial charge in [-0.2, -0.15) is 0 Å². The molecule has 0 rings (SSSR count). The van der Waals surface area contributed by atoms with E-state index in [1.807, 2.05) is 0 Å². The van der Waals surface area contributed by atoms with Gasteiger partial charge in [0.25, 0.3) is 0 Å². The van der Waals surface area contributed by atoms with Crippen molar-refractivity contribution in [2.24, 2.45) is 0 Å². The largest absolute Gasteiger partial charge is 1.00 e. The highest BCUT2D eigenvalue weighted by molar-refractivity contribution is 4.50. The molecule has 0 amide bonds. The molecule has 0 fully saturated rings. The highest BCUT2D eigenvalue weighted by atomic mass is 35.5. The monoisotopic (exact) mass is 663 g/mol. The van der Waals surface area contributed by atoms with Crippen molar-refractivity contribution in [3.05, 3.63) is 0 Å². The molecule has 0 heterocycles. The van der Waals surface area contributed by atoms with Crippen molar-refractivity contribution >= 4 is 0 Å². The summed E-state index contributed by atoms with van der Waals surface area (Å²) >= 11 is 0. The molecular weight excluding hydrogens is 572 g/mol. The zero-order chi connectivity index (χ0) is 33.8. The molecule has 0 bridgehead atoms. The fourth-order valence-corrected chi connectivity index (χ4v) is 5.56. The Hall–Kier alpha value is 0.170. The average Bonchev–Trinajstić information content (AvgIpc) is 2.92. The van der Waals surface area contributed by atoms with E-state index < -0.39 is 6.10 Å². The minimum absolute atomic E-state index is 0. The molecule has 0 radical (unpaired) electrons. The molecule has 0 atom stereocenters. The van der Waals surface area contributed by atoms with Crippen molar-refractivity contribution in [3.8, 4) is 0 Å². The summed E-state index contributed by atoms with van der Waals surface area (Å²) in [7, 11) is 13.8. The summed E-state index contributed by atoms with van der Waals surface area (Å²) < 4.78 is 2.25. The summed E-state index contributed by atoms with van der Waals surface area (Å²) in [6.45, 7) is 10.5. The standard InChI is InChI=1S/2C19H42N.C3H7O.ClH/c2*1-5-6-7-8-9-10-11-12-13-14-15-16-17-18-19-20(2,3)4;1-3(2)4;/h2*5-19H2,1-4H3;3H,1-2H3;1H/q2*+1;-1;/p-1. The lowest BCUT2D eigenvalue weighted by Crippen LogP contribution is -3.00. The van der Waals surface area contributed by atoms with Crippen molar-refractivity contribution < 1.29 is 26.5 Å². The van der Waals surface area contributed by atoms with Gasteiger partial charge in [-0.05, 0) is 25.7 Å². The highest BCUT2D eigenvalue weighted by Gasteiger charge is 2.06. The fourth-order valence-electron chi connectivity index (χ4n) is 5.56. The molecule has 0 unspecified atom stereocenters. The maximum absolute atomic E-state index is 9.53. The summed E-state index contributed by atoms with van der Waals surface area (Å²) in [4.78, 5) is 0. The van der Waals surface area contributed by atoms with Crippen LogP contribution in [0.15, 0.2) is 0 Å². The third kappa shape index (κ3) is 67.3. The van der Waals surface area contributed by atoms with Crippen LogP contribution in [-0.2, 0) is 0 Å². The molecule has 0 aliphatic heterocycles. The third-order valence-electron chi connectivity index (χ3n) is 8.36. The Morgan fingerprint density at radius 2 is 0.467 bits per heavy atom. The van der Waals surface area contributed by atoms with Crippen molar-refractivity contribution in [3.63, 3.8) is 0 Å². The van der Waals surface area contributed by atoms with Crippen LogP contribution in [0, 0.1) is 0 Å². The summed E-state index contributed by atoms with van der Waals surface area (Å²) in [5, 5.41) is 9.53. The van der Waals surface area contributed by atoms with Crippen LogP contribution in [0.1, 0.15) is 207 Å². The van der Waals surface area contributed by atoms with Gasteiger partial charge in [-0.25, -0.2) is 0 Å². The quantitative estimate of drug-likeness (QED) is 0.0556. The van der Waals surface area contributed by atoms with Crippen molar-refractivity contribution in [2.45, 2.75) is 214 Å². The lowest BCUT2D eigenvalue weighted by atomic mass is 10.0. The second kappa shape index (κ2) is 40.3. The molecule has 0 aromatic heterocycles. The predicted molar refractivity (Wildman–Crippen MR) is 202 cm³/mol. The topological polar surface area (TPSA) is 23.1 Å². The Bertz CT molecular complexity index is 454. The van der Waals surface area contributed by atoms with E-state index in [0.29, 0.717) is 0 Å². The lowest BCUT2D eigenvalue weighted by molar-refractivity contribution is -0.870. The molecule has 0 aromatic carbocycles. The van der Waals surface area contributed by atoms with E-state index in [-0.39, 0.29) is 12.4 Å². The molecule has 0 saturated heterocycles. The SMILES string of the molecule is CC(C)[O-].CCCCCCCCCCCCCCCC[N+](C)(C)C.CCCCCCCCCCCCCCCC[N+](C)(C)C.[Cl-]. The Morgan fingerprint density at radius 3 is 0.600 bits per heavy atom. The van der Waals surface area contributed by atoms with Crippen LogP contribution in [0.25, 0.3) is 0 Å². The highest BCUT2D eigenvalue weighted by Crippen LogP contribution is 2.14. The molecule has 0 aliphatic rings. The smallest absolute Gasteiger partial charge is 0.0780 e. The number of nitrogens with zero attached hydrogens (tertiary/aromatic N) is 2. The van der Waals surface area contributed by atoms with Crippen molar-refractivity contribution in [2.75, 3.05) is 55.4 Å². The van der Waals surface area contributed by atoms with Gasteiger partial charge in [0.1, 0.15) is 0 Å². The third-order valence-corrected chi connectivity index (χ3v) is 8.36. The number of rotatable bonds is 30. The maximum Gasteiger partial charge on any atom is 0.0780 e. The summed E-state index contributed by atoms with van der Waals surface area (Å²) in [6.07, 6.45) is 40.3. The van der Waals surface area contributed by atoms with E-state index in [2.05, 4.69) is 56.1 Å². The van der Waals surface area contributed by atoms with Crippen LogP contribution in [0.2, 0.25) is 0 Å². The van der Waals surface area contributed by atoms with Gasteiger partial charge >= 0.3 is 0 Å². The van der Waals surface area contributed by atoms with Gasteiger partial charge in [0.15, 0.2) is 0 Å². The van der Waals surface area contributed by atoms with Gasteiger partial charge < -0.3 is 26.5 Å².